The van der Waals surface area contributed by atoms with Crippen LogP contribution in [0, 0.1) is 0 Å². The van der Waals surface area contributed by atoms with Crippen molar-refractivity contribution in [3.05, 3.63) is 113 Å². The van der Waals surface area contributed by atoms with Crippen LogP contribution in [0.1, 0.15) is 55.8 Å². The first-order chi connectivity index (χ1) is 20.3. The van der Waals surface area contributed by atoms with Crippen LogP contribution in [0.25, 0.3) is 23.1 Å². The summed E-state index contributed by atoms with van der Waals surface area (Å²) in [5.41, 5.74) is 5.19. The third-order valence-electron chi connectivity index (χ3n) is 6.78. The molecule has 42 heavy (non-hydrogen) atoms. The van der Waals surface area contributed by atoms with E-state index in [-0.39, 0.29) is 17.7 Å². The van der Waals surface area contributed by atoms with E-state index in [2.05, 4.69) is 27.0 Å². The molecule has 0 fully saturated rings. The minimum absolute atomic E-state index is 0.199. The number of fused-ring (bicyclic) bond motifs is 1. The summed E-state index contributed by atoms with van der Waals surface area (Å²) in [5, 5.41) is 9.59. The molecule has 3 heterocycles. The van der Waals surface area contributed by atoms with Crippen LogP contribution in [-0.2, 0) is 14.1 Å². The van der Waals surface area contributed by atoms with Crippen molar-refractivity contribution in [2.75, 3.05) is 17.2 Å². The average molecular weight is 561 g/mol. The van der Waals surface area contributed by atoms with Crippen LogP contribution in [-0.4, -0.2) is 38.4 Å². The van der Waals surface area contributed by atoms with Crippen molar-refractivity contribution >= 4 is 52.2 Å². The number of aryl methyl sites for hydroxylation is 2. The molecular formula is C33H32N6O3. The van der Waals surface area contributed by atoms with Crippen molar-refractivity contribution in [1.29, 1.82) is 0 Å². The molecule has 0 aliphatic carbocycles. The van der Waals surface area contributed by atoms with Crippen LogP contribution >= 0.6 is 0 Å². The van der Waals surface area contributed by atoms with E-state index in [1.807, 2.05) is 61.7 Å². The van der Waals surface area contributed by atoms with Gasteiger partial charge < -0.3 is 25.1 Å². The quantitative estimate of drug-likeness (QED) is 0.214. The Labute approximate surface area is 243 Å². The molecule has 2 aromatic carbocycles. The highest BCUT2D eigenvalue weighted by Crippen LogP contribution is 2.19. The minimum Gasteiger partial charge on any atom is -0.351 e. The Bertz CT molecular complexity index is 1800. The molecule has 0 radical (unpaired) electrons. The number of hydrogen-bond donors (Lipinski definition) is 3. The smallest absolute Gasteiger partial charge is 0.272 e. The second-order valence-electron chi connectivity index (χ2n) is 10.0. The Morgan fingerprint density at radius 1 is 0.762 bits per heavy atom. The number of pyridine rings is 1. The van der Waals surface area contributed by atoms with Gasteiger partial charge in [-0.1, -0.05) is 49.4 Å². The molecule has 0 spiro atoms. The first-order valence-electron chi connectivity index (χ1n) is 13.7. The Balaban J connectivity index is 1.20. The van der Waals surface area contributed by atoms with E-state index in [1.54, 1.807) is 59.9 Å². The number of nitrogens with zero attached hydrogens (tertiary/aromatic N) is 3. The molecule has 0 aliphatic heterocycles. The number of aromatic nitrogens is 3. The topological polar surface area (TPSA) is 110 Å². The molecule has 3 N–H and O–H groups in total. The highest BCUT2D eigenvalue weighted by molar-refractivity contribution is 6.07. The Morgan fingerprint density at radius 2 is 1.38 bits per heavy atom. The third kappa shape index (κ3) is 6.47. The Morgan fingerprint density at radius 3 is 2.07 bits per heavy atom. The molecule has 0 saturated carbocycles. The molecule has 0 atom stereocenters. The first-order valence-corrected chi connectivity index (χ1v) is 13.7. The summed E-state index contributed by atoms with van der Waals surface area (Å²) in [4.78, 5) is 42.7. The maximum Gasteiger partial charge on any atom is 0.272 e. The summed E-state index contributed by atoms with van der Waals surface area (Å²) in [6.07, 6.45) is 9.99. The van der Waals surface area contributed by atoms with E-state index in [9.17, 15) is 14.4 Å². The van der Waals surface area contributed by atoms with Crippen LogP contribution in [0.4, 0.5) is 11.4 Å². The monoisotopic (exact) mass is 560 g/mol. The van der Waals surface area contributed by atoms with Crippen LogP contribution in [0.3, 0.4) is 0 Å². The van der Waals surface area contributed by atoms with Crippen molar-refractivity contribution in [1.82, 2.24) is 19.4 Å². The van der Waals surface area contributed by atoms with Crippen molar-refractivity contribution in [3.63, 3.8) is 0 Å². The largest absolute Gasteiger partial charge is 0.351 e. The summed E-state index contributed by atoms with van der Waals surface area (Å²) < 4.78 is 3.30. The van der Waals surface area contributed by atoms with Crippen molar-refractivity contribution in [3.8, 4) is 0 Å². The van der Waals surface area contributed by atoms with Crippen LogP contribution in [0.2, 0.25) is 0 Å². The zero-order chi connectivity index (χ0) is 29.6. The lowest BCUT2D eigenvalue weighted by atomic mass is 10.1. The maximum atomic E-state index is 13.0. The highest BCUT2D eigenvalue weighted by Gasteiger charge is 2.17. The molecular weight excluding hydrogens is 528 g/mol. The molecule has 5 rings (SSSR count). The van der Waals surface area contributed by atoms with E-state index in [1.165, 1.54) is 0 Å². The second-order valence-corrected chi connectivity index (χ2v) is 10.0. The van der Waals surface area contributed by atoms with Crippen LogP contribution in [0.5, 0.6) is 0 Å². The average Bonchev–Trinajstić information content (AvgIpc) is 3.55. The molecule has 9 nitrogen and oxygen atoms in total. The SMILES string of the molecule is CCCNC(=O)c1cc(NC(=O)c2cc(NC(=O)c3ccc(/C=C/c4cnc5ccccc5c4)cc3)cn2C)cn1C. The number of carbonyl (C=O) groups excluding carboxylic acids is 3. The normalized spacial score (nSPS) is 11.1. The van der Waals surface area contributed by atoms with Crippen LogP contribution < -0.4 is 16.0 Å². The first kappa shape index (κ1) is 28.1. The zero-order valence-electron chi connectivity index (χ0n) is 23.7. The van der Waals surface area contributed by atoms with Gasteiger partial charge in [-0.15, -0.1) is 0 Å². The van der Waals surface area contributed by atoms with Crippen molar-refractivity contribution in [2.24, 2.45) is 14.1 Å². The molecule has 3 aromatic heterocycles. The summed E-state index contributed by atoms with van der Waals surface area (Å²) >= 11 is 0. The number of hydrogen-bond acceptors (Lipinski definition) is 4. The molecule has 9 heteroatoms. The lowest BCUT2D eigenvalue weighted by molar-refractivity contribution is 0.0944. The molecule has 0 aliphatic rings. The summed E-state index contributed by atoms with van der Waals surface area (Å²) in [5.74, 6) is -0.843. The molecule has 212 valence electrons. The molecule has 5 aromatic rings. The molecule has 0 unspecified atom stereocenters. The lowest BCUT2D eigenvalue weighted by Gasteiger charge is -2.03. The third-order valence-corrected chi connectivity index (χ3v) is 6.78. The van der Waals surface area contributed by atoms with Gasteiger partial charge in [0.15, 0.2) is 0 Å². The molecule has 0 bridgehead atoms. The van der Waals surface area contributed by atoms with Gasteiger partial charge in [-0.2, -0.15) is 0 Å². The fourth-order valence-corrected chi connectivity index (χ4v) is 4.56. The van der Waals surface area contributed by atoms with Gasteiger partial charge in [-0.25, -0.2) is 0 Å². The van der Waals surface area contributed by atoms with Gasteiger partial charge >= 0.3 is 0 Å². The predicted octanol–water partition coefficient (Wildman–Crippen LogP) is 5.73. The van der Waals surface area contributed by atoms with E-state index in [4.69, 9.17) is 0 Å². The predicted molar refractivity (Wildman–Crippen MR) is 166 cm³/mol. The van der Waals surface area contributed by atoms with Gasteiger partial charge in [-0.3, -0.25) is 19.4 Å². The summed E-state index contributed by atoms with van der Waals surface area (Å²) in [7, 11) is 3.48. The van der Waals surface area contributed by atoms with E-state index in [0.717, 1.165) is 28.5 Å². The van der Waals surface area contributed by atoms with Gasteiger partial charge in [0, 0.05) is 50.2 Å². The van der Waals surface area contributed by atoms with E-state index in [0.29, 0.717) is 34.9 Å². The Hall–Kier alpha value is -5.44. The lowest BCUT2D eigenvalue weighted by Crippen LogP contribution is -2.25. The van der Waals surface area contributed by atoms with Crippen molar-refractivity contribution < 1.29 is 14.4 Å². The zero-order valence-corrected chi connectivity index (χ0v) is 23.7. The van der Waals surface area contributed by atoms with Gasteiger partial charge in [0.1, 0.15) is 11.4 Å². The number of anilines is 2. The van der Waals surface area contributed by atoms with E-state index >= 15 is 0 Å². The van der Waals surface area contributed by atoms with Crippen molar-refractivity contribution in [2.45, 2.75) is 13.3 Å². The summed E-state index contributed by atoms with van der Waals surface area (Å²) in [6, 6.07) is 20.6. The molecule has 0 saturated heterocycles. The number of carbonyl (C=O) groups is 3. The van der Waals surface area contributed by atoms with Crippen LogP contribution in [0.15, 0.2) is 85.3 Å². The standard InChI is InChI=1S/C33H32N6O3/c1-4-15-34-32(41)29-17-27(21-38(29)2)37-33(42)30-18-26(20-39(30)3)36-31(40)24-13-11-22(12-14-24)9-10-23-16-25-7-5-6-8-28(25)35-19-23/h5-14,16-21H,4,15H2,1-3H3,(H,34,41)(H,36,40)(H,37,42)/b10-9+. The minimum atomic E-state index is -0.359. The fraction of sp³-hybridized carbons (Fsp3) is 0.152. The fourth-order valence-electron chi connectivity index (χ4n) is 4.56. The van der Waals surface area contributed by atoms with Gasteiger partial charge in [0.05, 0.1) is 16.9 Å². The second kappa shape index (κ2) is 12.4. The number of para-hydroxylation sites is 1. The number of amides is 3. The van der Waals surface area contributed by atoms with Gasteiger partial charge in [-0.05, 0) is 53.9 Å². The number of benzene rings is 2. The number of rotatable bonds is 9. The summed E-state index contributed by atoms with van der Waals surface area (Å²) in [6.45, 7) is 2.56. The maximum absolute atomic E-state index is 13.0. The molecule has 3 amide bonds. The van der Waals surface area contributed by atoms with E-state index < -0.39 is 0 Å². The number of nitrogens with one attached hydrogen (secondary N) is 3. The Kier molecular flexibility index (Phi) is 8.29. The van der Waals surface area contributed by atoms with Gasteiger partial charge in [0.2, 0.25) is 0 Å². The van der Waals surface area contributed by atoms with Gasteiger partial charge in [0.25, 0.3) is 17.7 Å². The highest BCUT2D eigenvalue weighted by atomic mass is 16.2.